The molecule has 18 heavy (non-hydrogen) atoms. The average molecular weight is 240 g/mol. The molecule has 0 aliphatic heterocycles. The molecule has 3 rings (SSSR count). The predicted molar refractivity (Wildman–Crippen MR) is 75.5 cm³/mol. The van der Waals surface area contributed by atoms with Gasteiger partial charge in [0, 0.05) is 11.1 Å². The van der Waals surface area contributed by atoms with Crippen LogP contribution in [0.1, 0.15) is 31.0 Å². The van der Waals surface area contributed by atoms with Gasteiger partial charge in [0.25, 0.3) is 0 Å². The molecule has 1 aromatic carbocycles. The Labute approximate surface area is 108 Å². The highest BCUT2D eigenvalue weighted by Crippen LogP contribution is 2.63. The highest BCUT2D eigenvalue weighted by molar-refractivity contribution is 5.79. The number of pyridine rings is 1. The molecule has 0 bridgehead atoms. The van der Waals surface area contributed by atoms with E-state index in [0.717, 1.165) is 17.8 Å². The first kappa shape index (κ1) is 11.7. The first-order valence-electron chi connectivity index (χ1n) is 6.61. The van der Waals surface area contributed by atoms with Crippen molar-refractivity contribution >= 4 is 10.9 Å². The van der Waals surface area contributed by atoms with E-state index in [4.69, 9.17) is 5.73 Å². The van der Waals surface area contributed by atoms with Crippen LogP contribution in [0.15, 0.2) is 30.3 Å². The van der Waals surface area contributed by atoms with Crippen molar-refractivity contribution in [2.45, 2.75) is 26.7 Å². The zero-order valence-corrected chi connectivity index (χ0v) is 11.3. The number of nitrogens with two attached hydrogens (primary N) is 1. The lowest BCUT2D eigenvalue weighted by molar-refractivity contribution is 0.558. The smallest absolute Gasteiger partial charge is 0.0705 e. The van der Waals surface area contributed by atoms with Gasteiger partial charge in [-0.15, -0.1) is 0 Å². The summed E-state index contributed by atoms with van der Waals surface area (Å²) in [4.78, 5) is 4.55. The van der Waals surface area contributed by atoms with Crippen molar-refractivity contribution in [1.29, 1.82) is 0 Å². The van der Waals surface area contributed by atoms with E-state index in [0.29, 0.717) is 17.3 Å². The molecule has 1 aliphatic carbocycles. The number of fused-ring (bicyclic) bond motifs is 1. The third-order valence-corrected chi connectivity index (χ3v) is 4.52. The summed E-state index contributed by atoms with van der Waals surface area (Å²) in [6, 6.07) is 10.9. The Kier molecular flexibility index (Phi) is 2.46. The van der Waals surface area contributed by atoms with E-state index >= 15 is 0 Å². The van der Waals surface area contributed by atoms with Crippen LogP contribution in [0, 0.1) is 18.3 Å². The van der Waals surface area contributed by atoms with Crippen molar-refractivity contribution in [1.82, 2.24) is 4.98 Å². The van der Waals surface area contributed by atoms with Gasteiger partial charge in [0.1, 0.15) is 0 Å². The first-order valence-corrected chi connectivity index (χ1v) is 6.61. The third kappa shape index (κ3) is 1.64. The van der Waals surface area contributed by atoms with Crippen LogP contribution in [0.4, 0.5) is 0 Å². The van der Waals surface area contributed by atoms with Gasteiger partial charge in [-0.1, -0.05) is 26.0 Å². The lowest BCUT2D eigenvalue weighted by Crippen LogP contribution is -2.05. The zero-order valence-electron chi connectivity index (χ0n) is 11.3. The standard InChI is InChI=1S/C16H20N2/c1-10-4-5-11-8-12(6-7-14(11)18-10)15-13(9-17)16(15,2)3/h4-8,13,15H,9,17H2,1-3H3/t13-,15-/m0/s1. The summed E-state index contributed by atoms with van der Waals surface area (Å²) in [7, 11) is 0. The minimum absolute atomic E-state index is 0.348. The Bertz CT molecular complexity index is 601. The van der Waals surface area contributed by atoms with Crippen LogP contribution in [0.3, 0.4) is 0 Å². The Morgan fingerprint density at radius 2 is 2.00 bits per heavy atom. The van der Waals surface area contributed by atoms with Crippen molar-refractivity contribution in [3.63, 3.8) is 0 Å². The zero-order chi connectivity index (χ0) is 12.9. The maximum atomic E-state index is 5.86. The summed E-state index contributed by atoms with van der Waals surface area (Å²) in [6.07, 6.45) is 0. The van der Waals surface area contributed by atoms with Gasteiger partial charge in [-0.3, -0.25) is 4.98 Å². The molecule has 1 fully saturated rings. The molecule has 0 spiro atoms. The molecule has 1 heterocycles. The number of aryl methyl sites for hydroxylation is 1. The topological polar surface area (TPSA) is 38.9 Å². The monoisotopic (exact) mass is 240 g/mol. The van der Waals surface area contributed by atoms with Crippen LogP contribution < -0.4 is 5.73 Å². The van der Waals surface area contributed by atoms with Gasteiger partial charge in [-0.25, -0.2) is 0 Å². The molecule has 2 nitrogen and oxygen atoms in total. The molecule has 1 saturated carbocycles. The molecule has 1 aromatic heterocycles. The van der Waals surface area contributed by atoms with Crippen molar-refractivity contribution in [2.75, 3.05) is 6.54 Å². The molecule has 2 atom stereocenters. The van der Waals surface area contributed by atoms with E-state index in [1.807, 2.05) is 6.92 Å². The fourth-order valence-corrected chi connectivity index (χ4v) is 3.29. The van der Waals surface area contributed by atoms with E-state index in [1.54, 1.807) is 0 Å². The van der Waals surface area contributed by atoms with E-state index < -0.39 is 0 Å². The number of rotatable bonds is 2. The highest BCUT2D eigenvalue weighted by Gasteiger charge is 2.57. The van der Waals surface area contributed by atoms with Crippen LogP contribution in [0.5, 0.6) is 0 Å². The molecular weight excluding hydrogens is 220 g/mol. The Hall–Kier alpha value is -1.41. The van der Waals surface area contributed by atoms with Gasteiger partial charge in [-0.2, -0.15) is 0 Å². The van der Waals surface area contributed by atoms with Crippen LogP contribution in [0.2, 0.25) is 0 Å². The van der Waals surface area contributed by atoms with Crippen LogP contribution >= 0.6 is 0 Å². The van der Waals surface area contributed by atoms with Crippen molar-refractivity contribution in [3.05, 3.63) is 41.6 Å². The molecule has 0 saturated heterocycles. The molecule has 0 radical (unpaired) electrons. The summed E-state index contributed by atoms with van der Waals surface area (Å²) < 4.78 is 0. The van der Waals surface area contributed by atoms with Crippen LogP contribution in [0.25, 0.3) is 10.9 Å². The van der Waals surface area contributed by atoms with Gasteiger partial charge in [0.15, 0.2) is 0 Å². The van der Waals surface area contributed by atoms with Gasteiger partial charge in [-0.05, 0) is 54.5 Å². The maximum Gasteiger partial charge on any atom is 0.0705 e. The number of hydrogen-bond donors (Lipinski definition) is 1. The number of benzene rings is 1. The van der Waals surface area contributed by atoms with Crippen LogP contribution in [-0.2, 0) is 0 Å². The molecule has 0 amide bonds. The Morgan fingerprint density at radius 3 is 2.67 bits per heavy atom. The molecule has 2 N–H and O–H groups in total. The molecule has 2 aromatic rings. The number of hydrogen-bond acceptors (Lipinski definition) is 2. The van der Waals surface area contributed by atoms with E-state index in [-0.39, 0.29) is 0 Å². The maximum absolute atomic E-state index is 5.86. The second-order valence-corrected chi connectivity index (χ2v) is 6.05. The molecule has 94 valence electrons. The highest BCUT2D eigenvalue weighted by atomic mass is 14.7. The molecule has 0 unspecified atom stereocenters. The van der Waals surface area contributed by atoms with Crippen molar-refractivity contribution < 1.29 is 0 Å². The van der Waals surface area contributed by atoms with Gasteiger partial charge < -0.3 is 5.73 Å². The average Bonchev–Trinajstić information content (AvgIpc) is 2.90. The predicted octanol–water partition coefficient (Wildman–Crippen LogP) is 3.24. The minimum Gasteiger partial charge on any atom is -0.330 e. The van der Waals surface area contributed by atoms with Gasteiger partial charge >= 0.3 is 0 Å². The number of nitrogens with zero attached hydrogens (tertiary/aromatic N) is 1. The van der Waals surface area contributed by atoms with Gasteiger partial charge in [0.2, 0.25) is 0 Å². The fraction of sp³-hybridized carbons (Fsp3) is 0.438. The van der Waals surface area contributed by atoms with Crippen molar-refractivity contribution in [3.8, 4) is 0 Å². The minimum atomic E-state index is 0.348. The normalized spacial score (nSPS) is 25.3. The van der Waals surface area contributed by atoms with Crippen LogP contribution in [-0.4, -0.2) is 11.5 Å². The van der Waals surface area contributed by atoms with E-state index in [9.17, 15) is 0 Å². The van der Waals surface area contributed by atoms with E-state index in [1.165, 1.54) is 10.9 Å². The second kappa shape index (κ2) is 3.79. The Morgan fingerprint density at radius 1 is 1.22 bits per heavy atom. The summed E-state index contributed by atoms with van der Waals surface area (Å²) in [5, 5.41) is 1.23. The fourth-order valence-electron chi connectivity index (χ4n) is 3.29. The molecule has 1 aliphatic rings. The Balaban J connectivity index is 2.03. The first-order chi connectivity index (χ1) is 8.54. The SMILES string of the molecule is Cc1ccc2cc([C@H]3[C@H](CN)C3(C)C)ccc2n1. The summed E-state index contributed by atoms with van der Waals surface area (Å²) in [6.45, 7) is 7.43. The second-order valence-electron chi connectivity index (χ2n) is 6.05. The van der Waals surface area contributed by atoms with E-state index in [2.05, 4.69) is 49.2 Å². The third-order valence-electron chi connectivity index (χ3n) is 4.52. The summed E-state index contributed by atoms with van der Waals surface area (Å²) >= 11 is 0. The quantitative estimate of drug-likeness (QED) is 0.875. The lowest BCUT2D eigenvalue weighted by Gasteiger charge is -2.05. The number of aromatic nitrogens is 1. The summed E-state index contributed by atoms with van der Waals surface area (Å²) in [5.41, 5.74) is 9.77. The van der Waals surface area contributed by atoms with Gasteiger partial charge in [0.05, 0.1) is 5.52 Å². The molecule has 2 heteroatoms. The molecular formula is C16H20N2. The largest absolute Gasteiger partial charge is 0.330 e. The lowest BCUT2D eigenvalue weighted by atomic mass is 10.0. The summed E-state index contributed by atoms with van der Waals surface area (Å²) in [5.74, 6) is 1.22. The van der Waals surface area contributed by atoms with Crippen molar-refractivity contribution in [2.24, 2.45) is 17.1 Å².